The Bertz CT molecular complexity index is 1130. The molecule has 0 radical (unpaired) electrons. The SMILES string of the molecule is CCc1n[nH]c2c1CN(C(=O)NCCn1[nH]c(=O)c3ccccc3c1=O)CC2. The molecular formula is C19H22N6O3. The van der Waals surface area contributed by atoms with Gasteiger partial charge in [-0.15, -0.1) is 0 Å². The zero-order valence-corrected chi connectivity index (χ0v) is 15.6. The third-order valence-corrected chi connectivity index (χ3v) is 5.14. The molecule has 2 amide bonds. The molecule has 0 fully saturated rings. The summed E-state index contributed by atoms with van der Waals surface area (Å²) in [6, 6.07) is 6.50. The number of carbonyl (C=O) groups excluding carboxylic acids is 1. The maximum Gasteiger partial charge on any atom is 0.317 e. The Labute approximate surface area is 160 Å². The van der Waals surface area contributed by atoms with Crippen molar-refractivity contribution in [3.8, 4) is 0 Å². The molecule has 0 unspecified atom stereocenters. The van der Waals surface area contributed by atoms with Gasteiger partial charge in [-0.1, -0.05) is 19.1 Å². The maximum absolute atomic E-state index is 12.5. The highest BCUT2D eigenvalue weighted by molar-refractivity contribution is 5.80. The van der Waals surface area contributed by atoms with E-state index >= 15 is 0 Å². The number of aromatic nitrogens is 4. The number of benzene rings is 1. The lowest BCUT2D eigenvalue weighted by molar-refractivity contribution is 0.191. The van der Waals surface area contributed by atoms with E-state index in [2.05, 4.69) is 20.6 Å². The molecule has 1 aliphatic heterocycles. The van der Waals surface area contributed by atoms with Crippen LogP contribution in [0.2, 0.25) is 0 Å². The summed E-state index contributed by atoms with van der Waals surface area (Å²) in [5, 5.41) is 13.5. The van der Waals surface area contributed by atoms with E-state index in [4.69, 9.17) is 0 Å². The fraction of sp³-hybridized carbons (Fsp3) is 0.368. The predicted molar refractivity (Wildman–Crippen MR) is 104 cm³/mol. The number of rotatable bonds is 4. The van der Waals surface area contributed by atoms with Crippen LogP contribution in [0.15, 0.2) is 33.9 Å². The zero-order valence-electron chi connectivity index (χ0n) is 15.6. The van der Waals surface area contributed by atoms with Crippen molar-refractivity contribution in [3.63, 3.8) is 0 Å². The molecule has 3 aromatic rings. The van der Waals surface area contributed by atoms with Crippen LogP contribution in [0, 0.1) is 0 Å². The number of aromatic amines is 2. The number of nitrogens with one attached hydrogen (secondary N) is 3. The lowest BCUT2D eigenvalue weighted by atomic mass is 10.0. The predicted octanol–water partition coefficient (Wildman–Crippen LogP) is 0.743. The largest absolute Gasteiger partial charge is 0.336 e. The normalized spacial score (nSPS) is 13.5. The Morgan fingerprint density at radius 3 is 2.82 bits per heavy atom. The van der Waals surface area contributed by atoms with Gasteiger partial charge in [0.1, 0.15) is 0 Å². The number of aryl methyl sites for hydroxylation is 1. The molecule has 0 saturated carbocycles. The van der Waals surface area contributed by atoms with E-state index < -0.39 is 0 Å². The van der Waals surface area contributed by atoms with E-state index in [0.29, 0.717) is 23.9 Å². The van der Waals surface area contributed by atoms with Crippen molar-refractivity contribution in [3.05, 3.63) is 61.9 Å². The third-order valence-electron chi connectivity index (χ3n) is 5.14. The molecule has 0 atom stereocenters. The van der Waals surface area contributed by atoms with Crippen LogP contribution in [0.3, 0.4) is 0 Å². The second-order valence-electron chi connectivity index (χ2n) is 6.83. The highest BCUT2D eigenvalue weighted by Gasteiger charge is 2.24. The molecule has 1 aliphatic rings. The quantitative estimate of drug-likeness (QED) is 0.617. The van der Waals surface area contributed by atoms with Gasteiger partial charge < -0.3 is 10.2 Å². The van der Waals surface area contributed by atoms with Gasteiger partial charge in [0.05, 0.1) is 29.6 Å². The Morgan fingerprint density at radius 1 is 1.25 bits per heavy atom. The molecule has 3 heterocycles. The molecule has 0 bridgehead atoms. The van der Waals surface area contributed by atoms with Crippen molar-refractivity contribution in [1.29, 1.82) is 0 Å². The van der Waals surface area contributed by atoms with Gasteiger partial charge in [-0.2, -0.15) is 5.10 Å². The summed E-state index contributed by atoms with van der Waals surface area (Å²) in [5.74, 6) is 0. The second kappa shape index (κ2) is 7.34. The minimum Gasteiger partial charge on any atom is -0.336 e. The van der Waals surface area contributed by atoms with E-state index in [1.54, 1.807) is 29.2 Å². The molecule has 3 N–H and O–H groups in total. The highest BCUT2D eigenvalue weighted by atomic mass is 16.2. The summed E-state index contributed by atoms with van der Waals surface area (Å²) in [4.78, 5) is 38.9. The van der Waals surface area contributed by atoms with Crippen LogP contribution in [0.1, 0.15) is 23.9 Å². The number of urea groups is 1. The molecule has 146 valence electrons. The summed E-state index contributed by atoms with van der Waals surface area (Å²) in [7, 11) is 0. The number of hydrogen-bond donors (Lipinski definition) is 3. The van der Waals surface area contributed by atoms with Crippen molar-refractivity contribution in [2.75, 3.05) is 13.1 Å². The standard InChI is InChI=1S/C19H22N6O3/c1-2-15-14-11-24(9-7-16(14)22-21-15)19(28)20-8-10-25-18(27)13-6-4-3-5-12(13)17(26)23-25/h3-6H,2,7-11H2,1H3,(H,20,28)(H,21,22)(H,23,26). The maximum atomic E-state index is 12.5. The lowest BCUT2D eigenvalue weighted by Gasteiger charge is -2.27. The molecule has 0 saturated heterocycles. The molecular weight excluding hydrogens is 360 g/mol. The monoisotopic (exact) mass is 382 g/mol. The number of H-pyrrole nitrogens is 2. The average Bonchev–Trinajstić information content (AvgIpc) is 3.14. The first kappa shape index (κ1) is 18.0. The summed E-state index contributed by atoms with van der Waals surface area (Å²) < 4.78 is 1.24. The van der Waals surface area contributed by atoms with Crippen LogP contribution >= 0.6 is 0 Å². The molecule has 9 heteroatoms. The van der Waals surface area contributed by atoms with Crippen LogP contribution in [0.4, 0.5) is 4.79 Å². The Morgan fingerprint density at radius 2 is 2.04 bits per heavy atom. The van der Waals surface area contributed by atoms with Gasteiger partial charge >= 0.3 is 6.03 Å². The number of fused-ring (bicyclic) bond motifs is 2. The van der Waals surface area contributed by atoms with Crippen LogP contribution in [-0.2, 0) is 25.9 Å². The summed E-state index contributed by atoms with van der Waals surface area (Å²) in [6.07, 6.45) is 1.56. The molecule has 2 aromatic heterocycles. The van der Waals surface area contributed by atoms with Crippen LogP contribution in [-0.4, -0.2) is 44.0 Å². The number of hydrogen-bond acceptors (Lipinski definition) is 4. The molecule has 1 aromatic carbocycles. The zero-order chi connectivity index (χ0) is 19.7. The molecule has 0 aliphatic carbocycles. The van der Waals surface area contributed by atoms with Gasteiger partial charge in [-0.3, -0.25) is 19.8 Å². The Balaban J connectivity index is 1.41. The van der Waals surface area contributed by atoms with Crippen molar-refractivity contribution >= 4 is 16.8 Å². The Kier molecular flexibility index (Phi) is 4.72. The van der Waals surface area contributed by atoms with Gasteiger partial charge in [-0.25, -0.2) is 9.48 Å². The van der Waals surface area contributed by atoms with Gasteiger partial charge in [0.15, 0.2) is 0 Å². The van der Waals surface area contributed by atoms with Crippen molar-refractivity contribution in [1.82, 2.24) is 30.2 Å². The van der Waals surface area contributed by atoms with E-state index in [9.17, 15) is 14.4 Å². The summed E-state index contributed by atoms with van der Waals surface area (Å²) >= 11 is 0. The van der Waals surface area contributed by atoms with E-state index in [0.717, 1.165) is 29.8 Å². The number of carbonyl (C=O) groups is 1. The first-order valence-electron chi connectivity index (χ1n) is 9.38. The second-order valence-corrected chi connectivity index (χ2v) is 6.83. The Hall–Kier alpha value is -3.36. The first-order valence-corrected chi connectivity index (χ1v) is 9.38. The van der Waals surface area contributed by atoms with Gasteiger partial charge in [0.2, 0.25) is 0 Å². The average molecular weight is 382 g/mol. The van der Waals surface area contributed by atoms with Gasteiger partial charge in [-0.05, 0) is 18.6 Å². The minimum absolute atomic E-state index is 0.190. The molecule has 28 heavy (non-hydrogen) atoms. The third kappa shape index (κ3) is 3.19. The van der Waals surface area contributed by atoms with E-state index in [1.165, 1.54) is 4.68 Å². The minimum atomic E-state index is -0.322. The fourth-order valence-electron chi connectivity index (χ4n) is 3.61. The summed E-state index contributed by atoms with van der Waals surface area (Å²) in [6.45, 7) is 3.60. The van der Waals surface area contributed by atoms with Crippen molar-refractivity contribution in [2.24, 2.45) is 0 Å². The lowest BCUT2D eigenvalue weighted by Crippen LogP contribution is -2.44. The summed E-state index contributed by atoms with van der Waals surface area (Å²) in [5.41, 5.74) is 2.59. The molecule has 9 nitrogen and oxygen atoms in total. The number of nitrogens with zero attached hydrogens (tertiary/aromatic N) is 3. The first-order chi connectivity index (χ1) is 13.6. The fourth-order valence-corrected chi connectivity index (χ4v) is 3.61. The van der Waals surface area contributed by atoms with Crippen molar-refractivity contribution < 1.29 is 4.79 Å². The van der Waals surface area contributed by atoms with Crippen LogP contribution in [0.25, 0.3) is 10.8 Å². The molecule has 4 rings (SSSR count). The topological polar surface area (TPSA) is 116 Å². The van der Waals surface area contributed by atoms with Gasteiger partial charge in [0.25, 0.3) is 11.1 Å². The van der Waals surface area contributed by atoms with E-state index in [1.807, 2.05) is 6.92 Å². The number of amides is 2. The van der Waals surface area contributed by atoms with Crippen LogP contribution < -0.4 is 16.4 Å². The van der Waals surface area contributed by atoms with E-state index in [-0.39, 0.29) is 30.2 Å². The van der Waals surface area contributed by atoms with Crippen molar-refractivity contribution in [2.45, 2.75) is 32.9 Å². The van der Waals surface area contributed by atoms with Gasteiger partial charge in [0, 0.05) is 30.8 Å². The molecule has 0 spiro atoms. The highest BCUT2D eigenvalue weighted by Crippen LogP contribution is 2.20. The smallest absolute Gasteiger partial charge is 0.317 e. The van der Waals surface area contributed by atoms with Crippen LogP contribution in [0.5, 0.6) is 0 Å².